The van der Waals surface area contributed by atoms with Gasteiger partial charge in [-0.2, -0.15) is 0 Å². The number of carbonyl (C=O) groups is 1. The van der Waals surface area contributed by atoms with Crippen LogP contribution >= 0.6 is 7.37 Å². The molecular formula is C13H26NO4PSi. The van der Waals surface area contributed by atoms with Crippen LogP contribution in [0.4, 0.5) is 4.79 Å². The summed E-state index contributed by atoms with van der Waals surface area (Å²) in [5, 5.41) is 0.811. The molecule has 1 heterocycles. The Morgan fingerprint density at radius 3 is 2.55 bits per heavy atom. The Balaban J connectivity index is 2.45. The van der Waals surface area contributed by atoms with Crippen LogP contribution in [0.5, 0.6) is 0 Å². The Morgan fingerprint density at radius 1 is 1.45 bits per heavy atom. The van der Waals surface area contributed by atoms with Crippen molar-refractivity contribution in [2.24, 2.45) is 0 Å². The largest absolute Gasteiger partial charge is 0.450 e. The van der Waals surface area contributed by atoms with Gasteiger partial charge < -0.3 is 14.2 Å². The zero-order valence-corrected chi connectivity index (χ0v) is 15.0. The molecule has 0 aliphatic carbocycles. The van der Waals surface area contributed by atoms with E-state index in [1.54, 1.807) is 11.6 Å². The Morgan fingerprint density at radius 2 is 2.10 bits per heavy atom. The third-order valence-electron chi connectivity index (χ3n) is 3.39. The molecule has 0 aromatic carbocycles. The fourth-order valence-electron chi connectivity index (χ4n) is 1.85. The van der Waals surface area contributed by atoms with E-state index in [0.29, 0.717) is 26.1 Å². The summed E-state index contributed by atoms with van der Waals surface area (Å²) in [7, 11) is -2.38. The summed E-state index contributed by atoms with van der Waals surface area (Å²) < 4.78 is 22.4. The van der Waals surface area contributed by atoms with Crippen LogP contribution in [0.15, 0.2) is 11.4 Å². The summed E-state index contributed by atoms with van der Waals surface area (Å²) in [6.45, 7) is 9.84. The highest BCUT2D eigenvalue weighted by Crippen LogP contribution is 2.52. The Labute approximate surface area is 122 Å². The SMILES string of the molecule is COP(C)(=O)C1=CCN(C(=O)OCC[Si](C)(C)C)CC1. The zero-order chi connectivity index (χ0) is 15.4. The van der Waals surface area contributed by atoms with Crippen LogP contribution in [0.2, 0.25) is 25.7 Å². The third kappa shape index (κ3) is 5.42. The number of rotatable bonds is 5. The fraction of sp³-hybridized carbons (Fsp3) is 0.769. The standard InChI is InChI=1S/C13H26NO4PSi/c1-17-19(2,16)12-6-8-14(9-7-12)13(15)18-10-11-20(3,4)5/h6H,7-11H2,1-5H3. The Kier molecular flexibility index (Phi) is 6.04. The van der Waals surface area contributed by atoms with E-state index in [0.717, 1.165) is 11.4 Å². The summed E-state index contributed by atoms with van der Waals surface area (Å²) in [4.78, 5) is 13.5. The summed E-state index contributed by atoms with van der Waals surface area (Å²) in [5.41, 5.74) is 0. The van der Waals surface area contributed by atoms with Crippen molar-refractivity contribution in [3.63, 3.8) is 0 Å². The van der Waals surface area contributed by atoms with Crippen molar-refractivity contribution in [1.82, 2.24) is 4.90 Å². The van der Waals surface area contributed by atoms with Crippen molar-refractivity contribution >= 4 is 21.5 Å². The maximum Gasteiger partial charge on any atom is 0.410 e. The molecule has 7 heteroatoms. The van der Waals surface area contributed by atoms with E-state index >= 15 is 0 Å². The van der Waals surface area contributed by atoms with Crippen molar-refractivity contribution in [3.8, 4) is 0 Å². The molecule has 0 saturated carbocycles. The van der Waals surface area contributed by atoms with Crippen LogP contribution in [-0.2, 0) is 13.8 Å². The summed E-state index contributed by atoms with van der Waals surface area (Å²) in [5.74, 6) is 0. The summed E-state index contributed by atoms with van der Waals surface area (Å²) >= 11 is 0. The van der Waals surface area contributed by atoms with Gasteiger partial charge in [-0.25, -0.2) is 4.79 Å². The van der Waals surface area contributed by atoms with E-state index in [4.69, 9.17) is 9.26 Å². The van der Waals surface area contributed by atoms with Gasteiger partial charge in [0.05, 0.1) is 6.61 Å². The Bertz CT molecular complexity index is 431. The molecule has 0 saturated heterocycles. The van der Waals surface area contributed by atoms with E-state index < -0.39 is 15.4 Å². The van der Waals surface area contributed by atoms with Gasteiger partial charge in [-0.15, -0.1) is 0 Å². The highest BCUT2D eigenvalue weighted by atomic mass is 31.2. The maximum atomic E-state index is 12.1. The van der Waals surface area contributed by atoms with Crippen molar-refractivity contribution in [3.05, 3.63) is 11.4 Å². The highest BCUT2D eigenvalue weighted by molar-refractivity contribution is 7.62. The average Bonchev–Trinajstić information content (AvgIpc) is 2.37. The normalized spacial score (nSPS) is 19.2. The predicted molar refractivity (Wildman–Crippen MR) is 84.3 cm³/mol. The number of hydrogen-bond acceptors (Lipinski definition) is 4. The molecule has 0 N–H and O–H groups in total. The monoisotopic (exact) mass is 319 g/mol. The highest BCUT2D eigenvalue weighted by Gasteiger charge is 2.26. The third-order valence-corrected chi connectivity index (χ3v) is 7.24. The van der Waals surface area contributed by atoms with Gasteiger partial charge >= 0.3 is 6.09 Å². The van der Waals surface area contributed by atoms with Crippen molar-refractivity contribution < 1.29 is 18.6 Å². The molecule has 20 heavy (non-hydrogen) atoms. The van der Waals surface area contributed by atoms with Crippen molar-refractivity contribution in [1.29, 1.82) is 0 Å². The second kappa shape index (κ2) is 6.92. The van der Waals surface area contributed by atoms with Gasteiger partial charge in [0.2, 0.25) is 7.37 Å². The lowest BCUT2D eigenvalue weighted by Gasteiger charge is -2.28. The molecular weight excluding hydrogens is 293 g/mol. The number of carbonyl (C=O) groups excluding carboxylic acids is 1. The van der Waals surface area contributed by atoms with Crippen molar-refractivity contribution in [2.45, 2.75) is 32.1 Å². The first-order valence-corrected chi connectivity index (χ1v) is 12.7. The molecule has 116 valence electrons. The van der Waals surface area contributed by atoms with Gasteiger partial charge in [-0.1, -0.05) is 25.7 Å². The molecule has 1 rings (SSSR count). The second-order valence-electron chi connectivity index (χ2n) is 6.34. The van der Waals surface area contributed by atoms with Gasteiger partial charge in [0.1, 0.15) is 0 Å². The first kappa shape index (κ1) is 17.5. The zero-order valence-electron chi connectivity index (χ0n) is 13.1. The molecule has 0 aromatic heterocycles. The van der Waals surface area contributed by atoms with Gasteiger partial charge in [0.15, 0.2) is 0 Å². The minimum atomic E-state index is -2.66. The molecule has 1 aliphatic rings. The fourth-order valence-corrected chi connectivity index (χ4v) is 3.71. The quantitative estimate of drug-likeness (QED) is 0.574. The lowest BCUT2D eigenvalue weighted by Crippen LogP contribution is -2.36. The maximum absolute atomic E-state index is 12.1. The molecule has 1 unspecified atom stereocenters. The molecule has 1 aliphatic heterocycles. The Hall–Kier alpha value is -0.583. The van der Waals surface area contributed by atoms with Crippen LogP contribution in [0.3, 0.4) is 0 Å². The van der Waals surface area contributed by atoms with E-state index in [9.17, 15) is 9.36 Å². The summed E-state index contributed by atoms with van der Waals surface area (Å²) in [6, 6.07) is 0.974. The van der Waals surface area contributed by atoms with Gasteiger partial charge in [-0.05, 0) is 12.5 Å². The van der Waals surface area contributed by atoms with Gasteiger partial charge in [-0.3, -0.25) is 4.57 Å². The minimum Gasteiger partial charge on any atom is -0.450 e. The number of ether oxygens (including phenoxy) is 1. The topological polar surface area (TPSA) is 55.8 Å². The van der Waals surface area contributed by atoms with Gasteiger partial charge in [0, 0.05) is 40.3 Å². The van der Waals surface area contributed by atoms with Crippen LogP contribution in [0.1, 0.15) is 6.42 Å². The van der Waals surface area contributed by atoms with E-state index in [1.165, 1.54) is 7.11 Å². The number of nitrogens with zero attached hydrogens (tertiary/aromatic N) is 1. The lowest BCUT2D eigenvalue weighted by molar-refractivity contribution is 0.110. The number of amides is 1. The van der Waals surface area contributed by atoms with Crippen molar-refractivity contribution in [2.75, 3.05) is 33.5 Å². The number of hydrogen-bond donors (Lipinski definition) is 0. The molecule has 5 nitrogen and oxygen atoms in total. The van der Waals surface area contributed by atoms with Crippen LogP contribution < -0.4 is 0 Å². The van der Waals surface area contributed by atoms with Crippen LogP contribution in [0.25, 0.3) is 0 Å². The van der Waals surface area contributed by atoms with Gasteiger partial charge in [0.25, 0.3) is 0 Å². The van der Waals surface area contributed by atoms with E-state index in [2.05, 4.69) is 19.6 Å². The van der Waals surface area contributed by atoms with E-state index in [1.807, 2.05) is 6.08 Å². The summed E-state index contributed by atoms with van der Waals surface area (Å²) in [6.07, 6.45) is 2.14. The molecule has 0 aromatic rings. The van der Waals surface area contributed by atoms with E-state index in [-0.39, 0.29) is 6.09 Å². The minimum absolute atomic E-state index is 0.276. The van der Waals surface area contributed by atoms with Crippen LogP contribution in [0, 0.1) is 0 Å². The predicted octanol–water partition coefficient (Wildman–Crippen LogP) is 3.61. The molecule has 0 fully saturated rings. The molecule has 0 spiro atoms. The molecule has 0 bridgehead atoms. The first-order chi connectivity index (χ1) is 9.15. The van der Waals surface area contributed by atoms with Crippen LogP contribution in [-0.4, -0.2) is 52.5 Å². The molecule has 0 radical (unpaired) electrons. The molecule has 1 amide bonds. The smallest absolute Gasteiger partial charge is 0.410 e. The first-order valence-electron chi connectivity index (χ1n) is 6.90. The molecule has 1 atom stereocenters. The second-order valence-corrected chi connectivity index (χ2v) is 14.6. The lowest BCUT2D eigenvalue weighted by atomic mass is 10.2. The average molecular weight is 319 g/mol.